The third-order valence-corrected chi connectivity index (χ3v) is 7.64. The first kappa shape index (κ1) is 21.4. The second-order valence-electron chi connectivity index (χ2n) is 10.0. The van der Waals surface area contributed by atoms with Gasteiger partial charge in [-0.25, -0.2) is 4.98 Å². The van der Waals surface area contributed by atoms with Gasteiger partial charge in [0.2, 0.25) is 0 Å². The highest BCUT2D eigenvalue weighted by Gasteiger charge is 2.46. The molecule has 0 amide bonds. The molecule has 0 radical (unpaired) electrons. The van der Waals surface area contributed by atoms with Gasteiger partial charge in [0.15, 0.2) is 0 Å². The minimum Gasteiger partial charge on any atom is -0.389 e. The van der Waals surface area contributed by atoms with E-state index in [1.807, 2.05) is 12.1 Å². The van der Waals surface area contributed by atoms with Crippen molar-refractivity contribution in [2.75, 3.05) is 20.1 Å². The van der Waals surface area contributed by atoms with Crippen molar-refractivity contribution in [1.82, 2.24) is 14.9 Å². The van der Waals surface area contributed by atoms with Crippen molar-refractivity contribution in [2.24, 2.45) is 11.8 Å². The highest BCUT2D eigenvalue weighted by Crippen LogP contribution is 2.51. The predicted molar refractivity (Wildman–Crippen MR) is 131 cm³/mol. The van der Waals surface area contributed by atoms with Gasteiger partial charge in [-0.3, -0.25) is 0 Å². The number of nitrogens with one attached hydrogen (secondary N) is 1. The zero-order valence-corrected chi connectivity index (χ0v) is 19.3. The number of fused-ring (bicyclic) bond motifs is 3. The van der Waals surface area contributed by atoms with E-state index in [4.69, 9.17) is 0 Å². The summed E-state index contributed by atoms with van der Waals surface area (Å²) in [6.45, 7) is 4.09. The van der Waals surface area contributed by atoms with Crippen molar-refractivity contribution >= 4 is 16.6 Å². The SMILES string of the molecule is Cc1ccc(C2=C[C@H]3CC[C@@H]2C[C@@]3(O)CCN(C)CCCc2nc3ccccc3[nH]2)cc1. The Morgan fingerprint density at radius 2 is 1.91 bits per heavy atom. The number of benzene rings is 2. The first-order valence-electron chi connectivity index (χ1n) is 12.1. The summed E-state index contributed by atoms with van der Waals surface area (Å²) in [5.74, 6) is 1.84. The van der Waals surface area contributed by atoms with Crippen LogP contribution in [0.25, 0.3) is 16.6 Å². The van der Waals surface area contributed by atoms with Crippen LogP contribution in [-0.2, 0) is 6.42 Å². The van der Waals surface area contributed by atoms with Gasteiger partial charge in [-0.1, -0.05) is 48.0 Å². The lowest BCUT2D eigenvalue weighted by molar-refractivity contribution is -0.0574. The van der Waals surface area contributed by atoms with Gasteiger partial charge >= 0.3 is 0 Å². The van der Waals surface area contributed by atoms with Crippen molar-refractivity contribution < 1.29 is 5.11 Å². The summed E-state index contributed by atoms with van der Waals surface area (Å²) < 4.78 is 0. The van der Waals surface area contributed by atoms with Gasteiger partial charge in [-0.15, -0.1) is 0 Å². The quantitative estimate of drug-likeness (QED) is 0.506. The van der Waals surface area contributed by atoms with E-state index in [-0.39, 0.29) is 5.92 Å². The van der Waals surface area contributed by atoms with E-state index in [1.54, 1.807) is 0 Å². The molecular weight excluding hydrogens is 394 g/mol. The second kappa shape index (κ2) is 8.84. The van der Waals surface area contributed by atoms with Gasteiger partial charge < -0.3 is 15.0 Å². The van der Waals surface area contributed by atoms with Gasteiger partial charge in [-0.2, -0.15) is 0 Å². The molecule has 168 valence electrons. The van der Waals surface area contributed by atoms with Crippen LogP contribution in [0.3, 0.4) is 0 Å². The fraction of sp³-hybridized carbons (Fsp3) is 0.464. The Labute approximate surface area is 191 Å². The van der Waals surface area contributed by atoms with Crippen molar-refractivity contribution in [1.29, 1.82) is 0 Å². The summed E-state index contributed by atoms with van der Waals surface area (Å²) in [5, 5.41) is 11.5. The average Bonchev–Trinajstić information content (AvgIpc) is 3.21. The third-order valence-electron chi connectivity index (χ3n) is 7.64. The molecule has 3 atom stereocenters. The molecule has 3 aliphatic carbocycles. The fourth-order valence-electron chi connectivity index (χ4n) is 5.69. The molecule has 1 aromatic heterocycles. The van der Waals surface area contributed by atoms with Gasteiger partial charge in [0.05, 0.1) is 16.6 Å². The largest absolute Gasteiger partial charge is 0.389 e. The number of imidazole rings is 1. The Morgan fingerprint density at radius 3 is 2.66 bits per heavy atom. The minimum atomic E-state index is -0.551. The molecule has 0 spiro atoms. The van der Waals surface area contributed by atoms with Crippen LogP contribution in [0.4, 0.5) is 0 Å². The molecule has 4 heteroatoms. The summed E-state index contributed by atoms with van der Waals surface area (Å²) in [7, 11) is 2.18. The number of allylic oxidation sites excluding steroid dienone is 1. The number of para-hydroxylation sites is 2. The summed E-state index contributed by atoms with van der Waals surface area (Å²) in [4.78, 5) is 10.5. The zero-order valence-electron chi connectivity index (χ0n) is 19.3. The first-order chi connectivity index (χ1) is 15.5. The third kappa shape index (κ3) is 4.39. The number of aromatic nitrogens is 2. The van der Waals surface area contributed by atoms with Gasteiger partial charge in [-0.05, 0) is 81.8 Å². The summed E-state index contributed by atoms with van der Waals surface area (Å²) in [5.41, 5.74) is 5.71. The number of aromatic amines is 1. The second-order valence-corrected chi connectivity index (χ2v) is 10.0. The van der Waals surface area contributed by atoms with E-state index in [0.29, 0.717) is 5.92 Å². The number of aryl methyl sites for hydroxylation is 2. The number of aliphatic hydroxyl groups is 1. The maximum Gasteiger partial charge on any atom is 0.107 e. The lowest BCUT2D eigenvalue weighted by Crippen LogP contribution is -2.48. The van der Waals surface area contributed by atoms with Crippen molar-refractivity contribution in [3.8, 4) is 0 Å². The molecular formula is C28H35N3O. The molecule has 0 unspecified atom stereocenters. The molecule has 0 aliphatic heterocycles. The number of rotatable bonds is 8. The van der Waals surface area contributed by atoms with Gasteiger partial charge in [0.25, 0.3) is 0 Å². The lowest BCUT2D eigenvalue weighted by Gasteiger charge is -2.48. The Bertz CT molecular complexity index is 1070. The molecule has 1 saturated carbocycles. The van der Waals surface area contributed by atoms with E-state index >= 15 is 0 Å². The number of H-pyrrole nitrogens is 1. The van der Waals surface area contributed by atoms with Crippen LogP contribution >= 0.6 is 0 Å². The molecule has 2 aromatic carbocycles. The Kier molecular flexibility index (Phi) is 5.92. The van der Waals surface area contributed by atoms with Crippen LogP contribution in [0.1, 0.15) is 49.1 Å². The van der Waals surface area contributed by atoms with E-state index in [1.165, 1.54) is 23.1 Å². The molecule has 4 nitrogen and oxygen atoms in total. The molecule has 6 rings (SSSR count). The van der Waals surface area contributed by atoms with Crippen LogP contribution in [0.2, 0.25) is 0 Å². The predicted octanol–water partition coefficient (Wildman–Crippen LogP) is 5.37. The standard InChI is InChI=1S/C28H35N3O/c1-20-9-11-21(12-10-20)24-18-23-14-13-22(24)19-28(23,32)15-17-31(2)16-5-8-27-29-25-6-3-4-7-26(25)30-27/h3-4,6-7,9-12,18,22-23,32H,5,8,13-17,19H2,1-2H3,(H,29,30)/t22-,23-,28+/m1/s1. The Balaban J connectivity index is 1.14. The molecule has 3 aliphatic rings. The molecule has 1 fully saturated rings. The lowest BCUT2D eigenvalue weighted by atomic mass is 9.61. The molecule has 0 saturated heterocycles. The topological polar surface area (TPSA) is 52.1 Å². The average molecular weight is 430 g/mol. The fourth-order valence-corrected chi connectivity index (χ4v) is 5.69. The maximum atomic E-state index is 11.5. The van der Waals surface area contributed by atoms with Crippen LogP contribution < -0.4 is 0 Å². The smallest absolute Gasteiger partial charge is 0.107 e. The highest BCUT2D eigenvalue weighted by atomic mass is 16.3. The van der Waals surface area contributed by atoms with Crippen LogP contribution in [0, 0.1) is 18.8 Å². The van der Waals surface area contributed by atoms with E-state index in [2.05, 4.69) is 71.3 Å². The first-order valence-corrected chi connectivity index (χ1v) is 12.1. The molecule has 32 heavy (non-hydrogen) atoms. The monoisotopic (exact) mass is 429 g/mol. The van der Waals surface area contributed by atoms with Crippen LogP contribution in [-0.4, -0.2) is 45.7 Å². The normalized spacial score (nSPS) is 24.9. The molecule has 3 aromatic rings. The summed E-state index contributed by atoms with van der Waals surface area (Å²) in [6, 6.07) is 17.1. The summed E-state index contributed by atoms with van der Waals surface area (Å²) in [6.07, 6.45) is 8.50. The minimum absolute atomic E-state index is 0.285. The van der Waals surface area contributed by atoms with E-state index in [9.17, 15) is 5.11 Å². The van der Waals surface area contributed by atoms with E-state index < -0.39 is 5.60 Å². The zero-order chi connectivity index (χ0) is 22.1. The van der Waals surface area contributed by atoms with E-state index in [0.717, 1.165) is 62.1 Å². The maximum absolute atomic E-state index is 11.5. The number of hydrogen-bond donors (Lipinski definition) is 2. The summed E-state index contributed by atoms with van der Waals surface area (Å²) >= 11 is 0. The van der Waals surface area contributed by atoms with Gasteiger partial charge in [0.1, 0.15) is 5.82 Å². The molecule has 2 N–H and O–H groups in total. The molecule has 2 bridgehead atoms. The van der Waals surface area contributed by atoms with Crippen LogP contribution in [0.5, 0.6) is 0 Å². The number of hydrogen-bond acceptors (Lipinski definition) is 3. The Morgan fingerprint density at radius 1 is 1.09 bits per heavy atom. The Hall–Kier alpha value is -2.43. The van der Waals surface area contributed by atoms with Crippen molar-refractivity contribution in [2.45, 2.75) is 51.0 Å². The van der Waals surface area contributed by atoms with Gasteiger partial charge in [0, 0.05) is 18.9 Å². The van der Waals surface area contributed by atoms with Crippen molar-refractivity contribution in [3.63, 3.8) is 0 Å². The van der Waals surface area contributed by atoms with Crippen molar-refractivity contribution in [3.05, 3.63) is 71.6 Å². The highest BCUT2D eigenvalue weighted by molar-refractivity contribution is 5.74. The van der Waals surface area contributed by atoms with Crippen LogP contribution in [0.15, 0.2) is 54.6 Å². The molecule has 1 heterocycles. The number of nitrogens with zero attached hydrogens (tertiary/aromatic N) is 2.